The summed E-state index contributed by atoms with van der Waals surface area (Å²) in [6.07, 6.45) is -1.43. The van der Waals surface area contributed by atoms with Gasteiger partial charge >= 0.3 is 6.18 Å². The monoisotopic (exact) mass is 292 g/mol. The van der Waals surface area contributed by atoms with Crippen LogP contribution in [0.1, 0.15) is 61.8 Å². The van der Waals surface area contributed by atoms with Crippen LogP contribution in [0.25, 0.3) is 0 Å². The van der Waals surface area contributed by atoms with Crippen LogP contribution in [0.2, 0.25) is 0 Å². The van der Waals surface area contributed by atoms with Crippen molar-refractivity contribution in [2.75, 3.05) is 0 Å². The molecule has 0 aliphatic heterocycles. The van der Waals surface area contributed by atoms with Crippen molar-refractivity contribution in [3.05, 3.63) is 34.4 Å². The third-order valence-corrected chi connectivity index (χ3v) is 2.94. The van der Waals surface area contributed by atoms with Crippen LogP contribution in [0.4, 0.5) is 13.2 Å². The van der Waals surface area contributed by atoms with Crippen molar-refractivity contribution < 1.29 is 13.2 Å². The van der Waals surface area contributed by atoms with Crippen molar-refractivity contribution in [1.29, 1.82) is 0 Å². The van der Waals surface area contributed by atoms with E-state index in [0.29, 0.717) is 18.4 Å². The van der Waals surface area contributed by atoms with E-state index in [4.69, 9.17) is 0 Å². The van der Waals surface area contributed by atoms with E-state index in [2.05, 4.69) is 23.7 Å². The second-order valence-electron chi connectivity index (χ2n) is 4.76. The average Bonchev–Trinajstić information content (AvgIpc) is 2.40. The van der Waals surface area contributed by atoms with Gasteiger partial charge in [0.05, 0.1) is 5.56 Å². The van der Waals surface area contributed by atoms with E-state index in [-0.39, 0.29) is 11.1 Å². The van der Waals surface area contributed by atoms with E-state index in [9.17, 15) is 13.2 Å². The van der Waals surface area contributed by atoms with Gasteiger partial charge in [-0.3, -0.25) is 0 Å². The van der Waals surface area contributed by atoms with E-state index in [1.54, 1.807) is 6.07 Å². The summed E-state index contributed by atoms with van der Waals surface area (Å²) < 4.78 is 39.8. The summed E-state index contributed by atoms with van der Waals surface area (Å²) in [6, 6.07) is 3.05. The average molecular weight is 292 g/mol. The second-order valence-corrected chi connectivity index (χ2v) is 4.76. The maximum absolute atomic E-state index is 13.3. The molecule has 0 spiro atoms. The number of hydrogen-bond donors (Lipinski definition) is 0. The number of halogens is 3. The Bertz CT molecular complexity index is 602. The SMILES string of the molecule is CCCC#Cc1ccc(C#CCCC)c(C(F)(F)F)c1C. The normalized spacial score (nSPS) is 10.4. The number of hydrogen-bond acceptors (Lipinski definition) is 0. The van der Waals surface area contributed by atoms with E-state index < -0.39 is 11.7 Å². The fourth-order valence-corrected chi connectivity index (χ4v) is 1.88. The Morgan fingerprint density at radius 3 is 1.86 bits per heavy atom. The number of benzene rings is 1. The van der Waals surface area contributed by atoms with Gasteiger partial charge in [0.25, 0.3) is 0 Å². The van der Waals surface area contributed by atoms with Gasteiger partial charge in [-0.25, -0.2) is 0 Å². The molecule has 1 aromatic rings. The van der Waals surface area contributed by atoms with Crippen LogP contribution in [0.3, 0.4) is 0 Å². The molecule has 0 atom stereocenters. The zero-order valence-corrected chi connectivity index (χ0v) is 12.6. The highest BCUT2D eigenvalue weighted by molar-refractivity contribution is 5.54. The van der Waals surface area contributed by atoms with Crippen molar-refractivity contribution in [3.63, 3.8) is 0 Å². The molecule has 3 heteroatoms. The number of rotatable bonds is 2. The van der Waals surface area contributed by atoms with Gasteiger partial charge in [0, 0.05) is 24.0 Å². The first kappa shape index (κ1) is 17.2. The molecule has 0 amide bonds. The zero-order valence-electron chi connectivity index (χ0n) is 12.6. The summed E-state index contributed by atoms with van der Waals surface area (Å²) in [6.45, 7) is 5.38. The van der Waals surface area contributed by atoms with Crippen molar-refractivity contribution in [2.45, 2.75) is 52.6 Å². The van der Waals surface area contributed by atoms with Crippen LogP contribution in [-0.4, -0.2) is 0 Å². The Kier molecular flexibility index (Phi) is 6.38. The third-order valence-electron chi connectivity index (χ3n) is 2.94. The molecule has 112 valence electrons. The lowest BCUT2D eigenvalue weighted by atomic mass is 9.96. The van der Waals surface area contributed by atoms with Crippen molar-refractivity contribution in [2.24, 2.45) is 0 Å². The predicted octanol–water partition coefficient (Wildman–Crippen LogP) is 5.32. The maximum atomic E-state index is 13.3. The Labute approximate surface area is 124 Å². The molecule has 0 saturated heterocycles. The van der Waals surface area contributed by atoms with Crippen molar-refractivity contribution in [1.82, 2.24) is 0 Å². The largest absolute Gasteiger partial charge is 0.417 e. The van der Waals surface area contributed by atoms with Crippen LogP contribution < -0.4 is 0 Å². The molecule has 0 nitrogen and oxygen atoms in total. The summed E-state index contributed by atoms with van der Waals surface area (Å²) in [5.41, 5.74) is -0.0323. The van der Waals surface area contributed by atoms with Gasteiger partial charge in [0.15, 0.2) is 0 Å². The first-order valence-electron chi connectivity index (χ1n) is 7.10. The van der Waals surface area contributed by atoms with E-state index in [1.807, 2.05) is 13.8 Å². The molecule has 0 unspecified atom stereocenters. The van der Waals surface area contributed by atoms with Crippen molar-refractivity contribution in [3.8, 4) is 23.7 Å². The molecular formula is C18H19F3. The van der Waals surface area contributed by atoms with E-state index >= 15 is 0 Å². The van der Waals surface area contributed by atoms with Gasteiger partial charge in [0.2, 0.25) is 0 Å². The highest BCUT2D eigenvalue weighted by atomic mass is 19.4. The predicted molar refractivity (Wildman–Crippen MR) is 79.8 cm³/mol. The Hall–Kier alpha value is -1.87. The molecule has 1 rings (SSSR count). The van der Waals surface area contributed by atoms with Crippen LogP contribution in [0, 0.1) is 30.6 Å². The smallest absolute Gasteiger partial charge is 0.166 e. The zero-order chi connectivity index (χ0) is 15.9. The maximum Gasteiger partial charge on any atom is 0.417 e. The Morgan fingerprint density at radius 1 is 0.905 bits per heavy atom. The molecule has 0 radical (unpaired) electrons. The molecule has 0 saturated carbocycles. The van der Waals surface area contributed by atoms with Gasteiger partial charge in [-0.2, -0.15) is 13.2 Å². The minimum Gasteiger partial charge on any atom is -0.166 e. The minimum absolute atomic E-state index is 0.0366. The van der Waals surface area contributed by atoms with Gasteiger partial charge in [-0.05, 0) is 37.5 Å². The van der Waals surface area contributed by atoms with E-state index in [1.165, 1.54) is 13.0 Å². The Morgan fingerprint density at radius 2 is 1.38 bits per heavy atom. The highest BCUT2D eigenvalue weighted by Crippen LogP contribution is 2.35. The summed E-state index contributed by atoms with van der Waals surface area (Å²) in [7, 11) is 0. The summed E-state index contributed by atoms with van der Waals surface area (Å²) in [5.74, 6) is 11.1. The second kappa shape index (κ2) is 7.79. The van der Waals surface area contributed by atoms with Crippen molar-refractivity contribution >= 4 is 0 Å². The lowest BCUT2D eigenvalue weighted by Crippen LogP contribution is -2.11. The lowest BCUT2D eigenvalue weighted by molar-refractivity contribution is -0.138. The molecule has 0 heterocycles. The molecule has 0 N–H and O–H groups in total. The molecule has 1 aromatic carbocycles. The van der Waals surface area contributed by atoms with Gasteiger partial charge < -0.3 is 0 Å². The first-order chi connectivity index (χ1) is 9.91. The summed E-state index contributed by atoms with van der Waals surface area (Å²) >= 11 is 0. The van der Waals surface area contributed by atoms with E-state index in [0.717, 1.165) is 12.8 Å². The van der Waals surface area contributed by atoms with Gasteiger partial charge in [0.1, 0.15) is 0 Å². The number of unbranched alkanes of at least 4 members (excludes halogenated alkanes) is 2. The lowest BCUT2D eigenvalue weighted by Gasteiger charge is -2.14. The van der Waals surface area contributed by atoms with Crippen LogP contribution >= 0.6 is 0 Å². The van der Waals surface area contributed by atoms with Gasteiger partial charge in [-0.15, -0.1) is 0 Å². The van der Waals surface area contributed by atoms with Crippen LogP contribution in [0.15, 0.2) is 12.1 Å². The van der Waals surface area contributed by atoms with Crippen LogP contribution in [-0.2, 0) is 6.18 Å². The molecule has 0 aliphatic carbocycles. The summed E-state index contributed by atoms with van der Waals surface area (Å²) in [5, 5.41) is 0. The van der Waals surface area contributed by atoms with Gasteiger partial charge in [-0.1, -0.05) is 37.5 Å². The first-order valence-corrected chi connectivity index (χ1v) is 7.10. The molecule has 0 aromatic heterocycles. The Balaban J connectivity index is 3.35. The third kappa shape index (κ3) is 4.87. The minimum atomic E-state index is -4.41. The molecular weight excluding hydrogens is 273 g/mol. The molecule has 0 fully saturated rings. The fraction of sp³-hybridized carbons (Fsp3) is 0.444. The highest BCUT2D eigenvalue weighted by Gasteiger charge is 2.35. The topological polar surface area (TPSA) is 0 Å². The summed E-state index contributed by atoms with van der Waals surface area (Å²) in [4.78, 5) is 0. The standard InChI is InChI=1S/C18H19F3/c1-4-6-8-10-15-12-13-16(11-9-7-5-2)17(14(15)3)18(19,20)21/h12-13H,4-7H2,1-3H3. The van der Waals surface area contributed by atoms with Crippen LogP contribution in [0.5, 0.6) is 0 Å². The quantitative estimate of drug-likeness (QED) is 0.647. The molecule has 0 bridgehead atoms. The molecule has 21 heavy (non-hydrogen) atoms. The number of alkyl halides is 3. The fourth-order valence-electron chi connectivity index (χ4n) is 1.88. The molecule has 0 aliphatic rings.